The van der Waals surface area contributed by atoms with E-state index in [4.69, 9.17) is 10.8 Å². The van der Waals surface area contributed by atoms with Crippen molar-refractivity contribution in [3.05, 3.63) is 42.1 Å². The third-order valence-electron chi connectivity index (χ3n) is 2.51. The molecule has 1 aromatic carbocycles. The fraction of sp³-hybridized carbons (Fsp3) is 0.250. The Balaban J connectivity index is 1.98. The van der Waals surface area contributed by atoms with Crippen molar-refractivity contribution in [1.82, 2.24) is 15.0 Å². The molecule has 2 rings (SSSR count). The molecular weight excluding hydrogens is 246 g/mol. The summed E-state index contributed by atoms with van der Waals surface area (Å²) in [5.41, 5.74) is 6.46. The second-order valence-electron chi connectivity index (χ2n) is 4.07. The summed E-state index contributed by atoms with van der Waals surface area (Å²) in [6, 6.07) is 8.81. The van der Waals surface area contributed by atoms with E-state index < -0.39 is 18.6 Å². The number of anilines is 1. The number of aliphatic hydroxyl groups is 1. The van der Waals surface area contributed by atoms with Crippen molar-refractivity contribution in [1.29, 1.82) is 0 Å². The smallest absolute Gasteiger partial charge is 0.244 e. The number of nitrogens with two attached hydrogens (primary N) is 1. The molecule has 0 saturated carbocycles. The maximum Gasteiger partial charge on any atom is 0.244 e. The summed E-state index contributed by atoms with van der Waals surface area (Å²) in [4.78, 5) is 11.4. The minimum Gasteiger partial charge on any atom is -0.394 e. The van der Waals surface area contributed by atoms with Crippen LogP contribution in [0.3, 0.4) is 0 Å². The van der Waals surface area contributed by atoms with E-state index in [1.165, 1.54) is 0 Å². The van der Waals surface area contributed by atoms with Gasteiger partial charge in [-0.15, -0.1) is 5.10 Å². The first-order valence-electron chi connectivity index (χ1n) is 5.80. The van der Waals surface area contributed by atoms with Crippen LogP contribution in [0, 0.1) is 0 Å². The van der Waals surface area contributed by atoms with Crippen LogP contribution in [0.15, 0.2) is 36.5 Å². The molecule has 4 N–H and O–H groups in total. The summed E-state index contributed by atoms with van der Waals surface area (Å²) in [7, 11) is 0. The Hall–Kier alpha value is -2.25. The van der Waals surface area contributed by atoms with Crippen LogP contribution in [0.25, 0.3) is 0 Å². The second kappa shape index (κ2) is 6.07. The number of hydrogen-bond donors (Lipinski definition) is 3. The third kappa shape index (κ3) is 3.60. The van der Waals surface area contributed by atoms with Crippen LogP contribution in [0.1, 0.15) is 5.56 Å². The van der Waals surface area contributed by atoms with E-state index in [2.05, 4.69) is 15.6 Å². The molecule has 1 atom stereocenters. The zero-order chi connectivity index (χ0) is 13.7. The molecular formula is C12H15N5O2. The summed E-state index contributed by atoms with van der Waals surface area (Å²) >= 11 is 0. The quantitative estimate of drug-likeness (QED) is 0.678. The van der Waals surface area contributed by atoms with Gasteiger partial charge in [0.05, 0.1) is 19.3 Å². The molecule has 1 unspecified atom stereocenters. The van der Waals surface area contributed by atoms with E-state index in [0.29, 0.717) is 12.4 Å². The molecule has 2 aromatic rings. The van der Waals surface area contributed by atoms with Crippen LogP contribution in [-0.2, 0) is 11.3 Å². The number of amides is 1. The van der Waals surface area contributed by atoms with Crippen LogP contribution in [0.2, 0.25) is 0 Å². The molecule has 0 spiro atoms. The first-order chi connectivity index (χ1) is 9.19. The molecule has 1 amide bonds. The van der Waals surface area contributed by atoms with Gasteiger partial charge in [0.25, 0.3) is 0 Å². The van der Waals surface area contributed by atoms with Gasteiger partial charge in [-0.2, -0.15) is 0 Å². The Morgan fingerprint density at radius 3 is 2.84 bits per heavy atom. The third-order valence-corrected chi connectivity index (χ3v) is 2.51. The van der Waals surface area contributed by atoms with Crippen molar-refractivity contribution in [2.75, 3.05) is 11.9 Å². The molecule has 7 nitrogen and oxygen atoms in total. The normalized spacial score (nSPS) is 12.1. The van der Waals surface area contributed by atoms with Crippen LogP contribution in [-0.4, -0.2) is 38.7 Å². The van der Waals surface area contributed by atoms with E-state index in [1.807, 2.05) is 30.3 Å². The van der Waals surface area contributed by atoms with E-state index >= 15 is 0 Å². The largest absolute Gasteiger partial charge is 0.394 e. The lowest BCUT2D eigenvalue weighted by molar-refractivity contribution is -0.118. The highest BCUT2D eigenvalue weighted by Gasteiger charge is 2.13. The van der Waals surface area contributed by atoms with Crippen LogP contribution in [0.5, 0.6) is 0 Å². The molecule has 7 heteroatoms. The molecule has 0 aliphatic heterocycles. The van der Waals surface area contributed by atoms with Crippen molar-refractivity contribution in [2.45, 2.75) is 12.6 Å². The monoisotopic (exact) mass is 261 g/mol. The Morgan fingerprint density at radius 2 is 2.16 bits per heavy atom. The highest BCUT2D eigenvalue weighted by atomic mass is 16.3. The molecule has 0 fully saturated rings. The molecule has 1 aromatic heterocycles. The Morgan fingerprint density at radius 1 is 1.42 bits per heavy atom. The maximum absolute atomic E-state index is 11.4. The van der Waals surface area contributed by atoms with Crippen molar-refractivity contribution < 1.29 is 9.90 Å². The predicted molar refractivity (Wildman–Crippen MR) is 69.3 cm³/mol. The molecule has 0 saturated heterocycles. The topological polar surface area (TPSA) is 106 Å². The molecule has 0 bridgehead atoms. The minimum atomic E-state index is -0.959. The second-order valence-corrected chi connectivity index (χ2v) is 4.07. The van der Waals surface area contributed by atoms with Crippen molar-refractivity contribution in [3.63, 3.8) is 0 Å². The number of aliphatic hydroxyl groups excluding tert-OH is 1. The Kier molecular flexibility index (Phi) is 4.22. The fourth-order valence-corrected chi connectivity index (χ4v) is 1.51. The summed E-state index contributed by atoms with van der Waals surface area (Å²) in [6.45, 7) is 0.153. The minimum absolute atomic E-state index is 0.310. The van der Waals surface area contributed by atoms with Crippen LogP contribution >= 0.6 is 0 Å². The lowest BCUT2D eigenvalue weighted by Crippen LogP contribution is -2.38. The van der Waals surface area contributed by atoms with E-state index in [9.17, 15) is 4.79 Å². The number of benzene rings is 1. The van der Waals surface area contributed by atoms with Gasteiger partial charge in [0.15, 0.2) is 5.82 Å². The summed E-state index contributed by atoms with van der Waals surface area (Å²) in [5.74, 6) is -0.181. The molecule has 0 radical (unpaired) electrons. The summed E-state index contributed by atoms with van der Waals surface area (Å²) in [5, 5.41) is 18.9. The van der Waals surface area contributed by atoms with E-state index in [0.717, 1.165) is 5.56 Å². The zero-order valence-corrected chi connectivity index (χ0v) is 10.2. The summed E-state index contributed by atoms with van der Waals surface area (Å²) < 4.78 is 1.61. The van der Waals surface area contributed by atoms with Crippen molar-refractivity contribution in [2.24, 2.45) is 5.73 Å². The average Bonchev–Trinajstić information content (AvgIpc) is 2.86. The number of rotatable bonds is 5. The fourth-order valence-electron chi connectivity index (χ4n) is 1.51. The summed E-state index contributed by atoms with van der Waals surface area (Å²) in [6.07, 6.45) is 1.61. The van der Waals surface area contributed by atoms with Gasteiger partial charge in [-0.1, -0.05) is 35.5 Å². The van der Waals surface area contributed by atoms with Gasteiger partial charge >= 0.3 is 0 Å². The SMILES string of the molecule is NC(CO)C(=O)Nc1cn(Cc2ccccc2)nn1. The first-order valence-corrected chi connectivity index (χ1v) is 5.80. The van der Waals surface area contributed by atoms with Crippen molar-refractivity contribution >= 4 is 11.7 Å². The average molecular weight is 261 g/mol. The highest BCUT2D eigenvalue weighted by molar-refractivity contribution is 5.93. The molecule has 100 valence electrons. The lowest BCUT2D eigenvalue weighted by Gasteiger charge is -2.06. The van der Waals surface area contributed by atoms with Crippen molar-refractivity contribution in [3.8, 4) is 0 Å². The van der Waals surface area contributed by atoms with E-state index in [-0.39, 0.29) is 0 Å². The molecule has 0 aliphatic carbocycles. The molecule has 1 heterocycles. The van der Waals surface area contributed by atoms with E-state index in [1.54, 1.807) is 10.9 Å². The molecule has 19 heavy (non-hydrogen) atoms. The van der Waals surface area contributed by atoms with Gasteiger partial charge in [-0.25, -0.2) is 4.68 Å². The van der Waals surface area contributed by atoms with Gasteiger partial charge in [-0.05, 0) is 5.56 Å². The number of nitrogens with one attached hydrogen (secondary N) is 1. The number of hydrogen-bond acceptors (Lipinski definition) is 5. The highest BCUT2D eigenvalue weighted by Crippen LogP contribution is 2.05. The number of aromatic nitrogens is 3. The van der Waals surface area contributed by atoms with Crippen LogP contribution in [0.4, 0.5) is 5.82 Å². The lowest BCUT2D eigenvalue weighted by atomic mass is 10.2. The maximum atomic E-state index is 11.4. The number of nitrogens with zero attached hydrogens (tertiary/aromatic N) is 3. The predicted octanol–water partition coefficient (Wildman–Crippen LogP) is -0.416. The van der Waals surface area contributed by atoms with Gasteiger partial charge < -0.3 is 16.2 Å². The first kappa shape index (κ1) is 13.2. The number of carbonyl (C=O) groups is 1. The number of carbonyl (C=O) groups excluding carboxylic acids is 1. The Bertz CT molecular complexity index is 540. The van der Waals surface area contributed by atoms with Gasteiger partial charge in [0.1, 0.15) is 6.04 Å². The standard InChI is InChI=1S/C12H15N5O2/c13-10(8-18)12(19)14-11-7-17(16-15-11)6-9-4-2-1-3-5-9/h1-5,7,10,18H,6,8,13H2,(H,14,19). The van der Waals surface area contributed by atoms with Gasteiger partial charge in [0.2, 0.25) is 5.91 Å². The van der Waals surface area contributed by atoms with Crippen LogP contribution < -0.4 is 11.1 Å². The Labute approximate surface area is 110 Å². The van der Waals surface area contributed by atoms with Gasteiger partial charge in [0, 0.05) is 0 Å². The van der Waals surface area contributed by atoms with Gasteiger partial charge in [-0.3, -0.25) is 4.79 Å². The molecule has 0 aliphatic rings. The zero-order valence-electron chi connectivity index (χ0n) is 10.2.